The van der Waals surface area contributed by atoms with Crippen molar-refractivity contribution in [3.8, 4) is 10.8 Å². The number of carbonyl (C=O) groups is 1. The van der Waals surface area contributed by atoms with Crippen molar-refractivity contribution in [2.75, 3.05) is 18.4 Å². The van der Waals surface area contributed by atoms with Gasteiger partial charge in [-0.25, -0.2) is 4.79 Å². The summed E-state index contributed by atoms with van der Waals surface area (Å²) in [5.74, 6) is 1.27. The van der Waals surface area contributed by atoms with Gasteiger partial charge in [0, 0.05) is 13.1 Å². The Morgan fingerprint density at radius 1 is 1.25 bits per heavy atom. The SMILES string of the molecule is O=C(Nc1cccs1)N1CCCC(c2nnc(-c3cccs3)o2)C1. The molecule has 0 saturated carbocycles. The third kappa shape index (κ3) is 3.20. The lowest BCUT2D eigenvalue weighted by atomic mass is 9.98. The molecule has 1 fully saturated rings. The second-order valence-electron chi connectivity index (χ2n) is 5.62. The first-order chi connectivity index (χ1) is 11.8. The van der Waals surface area contributed by atoms with Crippen molar-refractivity contribution in [2.24, 2.45) is 0 Å². The summed E-state index contributed by atoms with van der Waals surface area (Å²) in [5, 5.41) is 16.1. The molecule has 8 heteroatoms. The first-order valence-electron chi connectivity index (χ1n) is 7.76. The monoisotopic (exact) mass is 360 g/mol. The molecule has 124 valence electrons. The van der Waals surface area contributed by atoms with Gasteiger partial charge in [0.25, 0.3) is 5.89 Å². The number of amides is 2. The Morgan fingerprint density at radius 3 is 2.92 bits per heavy atom. The van der Waals surface area contributed by atoms with Crippen LogP contribution in [-0.4, -0.2) is 34.2 Å². The van der Waals surface area contributed by atoms with Gasteiger partial charge < -0.3 is 9.32 Å². The molecule has 0 spiro atoms. The second-order valence-corrected chi connectivity index (χ2v) is 7.51. The highest BCUT2D eigenvalue weighted by Crippen LogP contribution is 2.30. The maximum Gasteiger partial charge on any atom is 0.322 e. The molecule has 1 aliphatic heterocycles. The molecule has 6 nitrogen and oxygen atoms in total. The van der Waals surface area contributed by atoms with Gasteiger partial charge in [-0.15, -0.1) is 32.9 Å². The van der Waals surface area contributed by atoms with Crippen LogP contribution in [0.2, 0.25) is 0 Å². The van der Waals surface area contributed by atoms with E-state index in [1.807, 2.05) is 39.9 Å². The normalized spacial score (nSPS) is 17.8. The second kappa shape index (κ2) is 6.74. The van der Waals surface area contributed by atoms with Crippen molar-refractivity contribution in [3.63, 3.8) is 0 Å². The molecule has 3 aromatic rings. The summed E-state index contributed by atoms with van der Waals surface area (Å²) in [6, 6.07) is 7.67. The summed E-state index contributed by atoms with van der Waals surface area (Å²) in [7, 11) is 0. The van der Waals surface area contributed by atoms with E-state index in [1.54, 1.807) is 11.3 Å². The van der Waals surface area contributed by atoms with Crippen molar-refractivity contribution in [3.05, 3.63) is 40.9 Å². The summed E-state index contributed by atoms with van der Waals surface area (Å²) >= 11 is 3.09. The zero-order valence-electron chi connectivity index (χ0n) is 12.8. The van der Waals surface area contributed by atoms with E-state index < -0.39 is 0 Å². The zero-order valence-corrected chi connectivity index (χ0v) is 14.5. The van der Waals surface area contributed by atoms with Gasteiger partial charge in [-0.3, -0.25) is 5.32 Å². The van der Waals surface area contributed by atoms with Crippen molar-refractivity contribution >= 4 is 33.7 Å². The van der Waals surface area contributed by atoms with Gasteiger partial charge in [0.1, 0.15) is 0 Å². The first-order valence-corrected chi connectivity index (χ1v) is 9.52. The fraction of sp³-hybridized carbons (Fsp3) is 0.312. The molecule has 4 rings (SSSR count). The number of piperidine rings is 1. The third-order valence-electron chi connectivity index (χ3n) is 3.98. The number of thiophene rings is 2. The summed E-state index contributed by atoms with van der Waals surface area (Å²) in [6.07, 6.45) is 1.88. The fourth-order valence-corrected chi connectivity index (χ4v) is 4.05. The summed E-state index contributed by atoms with van der Waals surface area (Å²) in [5.41, 5.74) is 0. The number of rotatable bonds is 3. The van der Waals surface area contributed by atoms with Crippen molar-refractivity contribution < 1.29 is 9.21 Å². The molecule has 0 aromatic carbocycles. The van der Waals surface area contributed by atoms with Crippen molar-refractivity contribution in [1.29, 1.82) is 0 Å². The van der Waals surface area contributed by atoms with Gasteiger partial charge in [0.2, 0.25) is 5.89 Å². The number of hydrogen-bond donors (Lipinski definition) is 1. The minimum atomic E-state index is -0.0693. The Balaban J connectivity index is 1.44. The van der Waals surface area contributed by atoms with Crippen LogP contribution >= 0.6 is 22.7 Å². The average Bonchev–Trinajstić information content (AvgIpc) is 3.36. The van der Waals surface area contributed by atoms with Gasteiger partial charge >= 0.3 is 6.03 Å². The number of hydrogen-bond acceptors (Lipinski definition) is 6. The summed E-state index contributed by atoms with van der Waals surface area (Å²) in [4.78, 5) is 15.2. The first kappa shape index (κ1) is 15.3. The van der Waals surface area contributed by atoms with Gasteiger partial charge in [-0.05, 0) is 41.8 Å². The van der Waals surface area contributed by atoms with E-state index in [0.29, 0.717) is 18.3 Å². The number of nitrogens with zero attached hydrogens (tertiary/aromatic N) is 3. The van der Waals surface area contributed by atoms with E-state index in [9.17, 15) is 4.79 Å². The van der Waals surface area contributed by atoms with Crippen LogP contribution in [0, 0.1) is 0 Å². The summed E-state index contributed by atoms with van der Waals surface area (Å²) < 4.78 is 5.83. The molecule has 1 saturated heterocycles. The smallest absolute Gasteiger partial charge is 0.322 e. The van der Waals surface area contributed by atoms with Crippen LogP contribution < -0.4 is 5.32 Å². The molecule has 1 N–H and O–H groups in total. The Morgan fingerprint density at radius 2 is 2.12 bits per heavy atom. The highest BCUT2D eigenvalue weighted by Gasteiger charge is 2.28. The van der Waals surface area contributed by atoms with E-state index in [0.717, 1.165) is 29.3 Å². The van der Waals surface area contributed by atoms with E-state index in [1.165, 1.54) is 11.3 Å². The highest BCUT2D eigenvalue weighted by atomic mass is 32.1. The Kier molecular flexibility index (Phi) is 4.31. The maximum atomic E-state index is 12.4. The van der Waals surface area contributed by atoms with Crippen LogP contribution in [0.25, 0.3) is 10.8 Å². The molecule has 0 aliphatic carbocycles. The van der Waals surface area contributed by atoms with E-state index in [-0.39, 0.29) is 11.9 Å². The van der Waals surface area contributed by atoms with Crippen LogP contribution in [0.5, 0.6) is 0 Å². The number of aromatic nitrogens is 2. The van der Waals surface area contributed by atoms with Crippen LogP contribution in [0.4, 0.5) is 9.80 Å². The van der Waals surface area contributed by atoms with Crippen LogP contribution in [-0.2, 0) is 0 Å². The standard InChI is InChI=1S/C16H16N4O2S2/c21-16(17-13-6-3-9-24-13)20-7-1-4-11(10-20)14-18-19-15(22-14)12-5-2-8-23-12/h2-3,5-6,8-9,11H,1,4,7,10H2,(H,17,21). The maximum absolute atomic E-state index is 12.4. The lowest BCUT2D eigenvalue weighted by Crippen LogP contribution is -2.41. The molecule has 3 aromatic heterocycles. The van der Waals surface area contributed by atoms with Crippen molar-refractivity contribution in [2.45, 2.75) is 18.8 Å². The zero-order chi connectivity index (χ0) is 16.4. The fourth-order valence-electron chi connectivity index (χ4n) is 2.80. The minimum Gasteiger partial charge on any atom is -0.420 e. The number of nitrogens with one attached hydrogen (secondary N) is 1. The molecular weight excluding hydrogens is 344 g/mol. The van der Waals surface area contributed by atoms with Crippen molar-refractivity contribution in [1.82, 2.24) is 15.1 Å². The molecule has 0 bridgehead atoms. The number of carbonyl (C=O) groups excluding carboxylic acids is 1. The molecule has 1 aliphatic rings. The molecule has 1 atom stereocenters. The molecule has 0 radical (unpaired) electrons. The Bertz CT molecular complexity index is 798. The molecule has 4 heterocycles. The largest absolute Gasteiger partial charge is 0.420 e. The van der Waals surface area contributed by atoms with Crippen LogP contribution in [0.1, 0.15) is 24.7 Å². The predicted octanol–water partition coefficient (Wildman–Crippen LogP) is 4.27. The van der Waals surface area contributed by atoms with Crippen LogP contribution in [0.15, 0.2) is 39.4 Å². The van der Waals surface area contributed by atoms with Gasteiger partial charge in [-0.1, -0.05) is 6.07 Å². The van der Waals surface area contributed by atoms with E-state index in [4.69, 9.17) is 4.42 Å². The number of likely N-dealkylation sites (tertiary alicyclic amines) is 1. The molecule has 1 unspecified atom stereocenters. The topological polar surface area (TPSA) is 71.3 Å². The molecule has 2 amide bonds. The van der Waals surface area contributed by atoms with E-state index in [2.05, 4.69) is 15.5 Å². The Hall–Kier alpha value is -2.19. The number of urea groups is 1. The summed E-state index contributed by atoms with van der Waals surface area (Å²) in [6.45, 7) is 1.35. The molecule has 24 heavy (non-hydrogen) atoms. The lowest BCUT2D eigenvalue weighted by molar-refractivity contribution is 0.187. The highest BCUT2D eigenvalue weighted by molar-refractivity contribution is 7.14. The lowest BCUT2D eigenvalue weighted by Gasteiger charge is -2.30. The average molecular weight is 360 g/mol. The number of anilines is 1. The predicted molar refractivity (Wildman–Crippen MR) is 94.5 cm³/mol. The Labute approximate surface area is 147 Å². The third-order valence-corrected chi connectivity index (χ3v) is 5.62. The van der Waals surface area contributed by atoms with Gasteiger partial charge in [0.15, 0.2) is 0 Å². The minimum absolute atomic E-state index is 0.0693. The van der Waals surface area contributed by atoms with E-state index >= 15 is 0 Å². The van der Waals surface area contributed by atoms with Crippen LogP contribution in [0.3, 0.4) is 0 Å². The quantitative estimate of drug-likeness (QED) is 0.757. The van der Waals surface area contributed by atoms with Gasteiger partial charge in [-0.2, -0.15) is 0 Å². The molecular formula is C16H16N4O2S2. The van der Waals surface area contributed by atoms with Gasteiger partial charge in [0.05, 0.1) is 15.8 Å².